The van der Waals surface area contributed by atoms with Gasteiger partial charge in [-0.25, -0.2) is 4.79 Å². The first-order chi connectivity index (χ1) is 13.6. The number of fused-ring (bicyclic) bond motifs is 1. The number of benzene rings is 1. The molecule has 0 bridgehead atoms. The molecular weight excluding hydrogens is 380 g/mol. The molecular formula is C19H22N4O4S. The van der Waals surface area contributed by atoms with E-state index >= 15 is 0 Å². The zero-order valence-electron chi connectivity index (χ0n) is 16.3. The van der Waals surface area contributed by atoms with Crippen LogP contribution in [0.4, 0.5) is 0 Å². The van der Waals surface area contributed by atoms with Crippen LogP contribution in [-0.4, -0.2) is 52.6 Å². The molecule has 0 radical (unpaired) electrons. The summed E-state index contributed by atoms with van der Waals surface area (Å²) in [5.74, 6) is 1.97. The van der Waals surface area contributed by atoms with Crippen molar-refractivity contribution in [2.24, 2.45) is 5.10 Å². The summed E-state index contributed by atoms with van der Waals surface area (Å²) in [6, 6.07) is 5.49. The van der Waals surface area contributed by atoms with Gasteiger partial charge in [-0.15, -0.1) is 10.2 Å². The molecule has 9 heteroatoms. The minimum atomic E-state index is -0.426. The molecule has 0 unspecified atom stereocenters. The molecule has 3 rings (SSSR count). The van der Waals surface area contributed by atoms with E-state index in [-0.39, 0.29) is 6.61 Å². The molecule has 0 spiro atoms. The van der Waals surface area contributed by atoms with Crippen LogP contribution in [0.5, 0.6) is 11.5 Å². The molecule has 2 heterocycles. The number of methoxy groups -OCH3 is 1. The van der Waals surface area contributed by atoms with Crippen molar-refractivity contribution in [3.8, 4) is 11.5 Å². The van der Waals surface area contributed by atoms with Gasteiger partial charge in [0.25, 0.3) is 0 Å². The lowest BCUT2D eigenvalue weighted by molar-refractivity contribution is -0.137. The van der Waals surface area contributed by atoms with Crippen LogP contribution in [-0.2, 0) is 9.53 Å². The lowest BCUT2D eigenvalue weighted by atomic mass is 10.1. The third kappa shape index (κ3) is 4.19. The van der Waals surface area contributed by atoms with Crippen molar-refractivity contribution in [3.63, 3.8) is 0 Å². The van der Waals surface area contributed by atoms with Gasteiger partial charge < -0.3 is 14.2 Å². The van der Waals surface area contributed by atoms with Crippen LogP contribution in [0.2, 0.25) is 0 Å². The summed E-state index contributed by atoms with van der Waals surface area (Å²) < 4.78 is 17.8. The van der Waals surface area contributed by atoms with Crippen LogP contribution in [0, 0.1) is 6.92 Å². The van der Waals surface area contributed by atoms with E-state index in [9.17, 15) is 4.79 Å². The molecule has 8 nitrogen and oxygen atoms in total. The highest BCUT2D eigenvalue weighted by Gasteiger charge is 2.24. The van der Waals surface area contributed by atoms with E-state index in [4.69, 9.17) is 14.2 Å². The molecule has 1 aromatic heterocycles. The molecule has 1 aromatic carbocycles. The number of esters is 1. The Morgan fingerprint density at radius 2 is 2.07 bits per heavy atom. The van der Waals surface area contributed by atoms with Crippen molar-refractivity contribution >= 4 is 29.5 Å². The van der Waals surface area contributed by atoms with E-state index in [1.54, 1.807) is 30.9 Å². The summed E-state index contributed by atoms with van der Waals surface area (Å²) in [5, 5.41) is 13.4. The van der Waals surface area contributed by atoms with Crippen molar-refractivity contribution in [2.45, 2.75) is 25.9 Å². The third-order valence-electron chi connectivity index (χ3n) is 3.93. The molecule has 0 saturated carbocycles. The van der Waals surface area contributed by atoms with E-state index in [2.05, 4.69) is 15.3 Å². The minimum Gasteiger partial charge on any atom is -0.493 e. The highest BCUT2D eigenvalue weighted by Crippen LogP contribution is 2.30. The number of rotatable bonds is 7. The topological polar surface area (TPSA) is 87.8 Å². The van der Waals surface area contributed by atoms with Gasteiger partial charge in [0, 0.05) is 5.75 Å². The number of thioether (sulfide) groups is 1. The molecule has 1 aliphatic heterocycles. The smallest absolute Gasteiger partial charge is 0.340 e. The van der Waals surface area contributed by atoms with Gasteiger partial charge in [0.2, 0.25) is 5.16 Å². The minimum absolute atomic E-state index is 0.278. The Kier molecular flexibility index (Phi) is 6.35. The molecule has 0 amide bonds. The highest BCUT2D eigenvalue weighted by molar-refractivity contribution is 7.99. The molecule has 0 aliphatic carbocycles. The van der Waals surface area contributed by atoms with Gasteiger partial charge in [0.15, 0.2) is 17.3 Å². The molecule has 148 valence electrons. The molecule has 2 aromatic rings. The van der Waals surface area contributed by atoms with Crippen molar-refractivity contribution < 1.29 is 19.0 Å². The van der Waals surface area contributed by atoms with Crippen LogP contribution in [0.25, 0.3) is 6.08 Å². The largest absolute Gasteiger partial charge is 0.493 e. The summed E-state index contributed by atoms with van der Waals surface area (Å²) in [5.41, 5.74) is 1.78. The van der Waals surface area contributed by atoms with E-state index in [0.29, 0.717) is 46.1 Å². The number of hydrogen-bond donors (Lipinski definition) is 0. The van der Waals surface area contributed by atoms with Gasteiger partial charge in [-0.05, 0) is 44.5 Å². The summed E-state index contributed by atoms with van der Waals surface area (Å²) >= 11 is 1.47. The fourth-order valence-corrected chi connectivity index (χ4v) is 3.52. The van der Waals surface area contributed by atoms with Crippen molar-refractivity contribution in [1.29, 1.82) is 0 Å². The third-order valence-corrected chi connectivity index (χ3v) is 4.86. The SMILES string of the molecule is CCOC(=O)/C(=C\c1ccc(OC)c(OCC)c1)C1=Nn2c(C)nnc2SC1. The predicted molar refractivity (Wildman–Crippen MR) is 107 cm³/mol. The van der Waals surface area contributed by atoms with Gasteiger partial charge in [-0.2, -0.15) is 9.78 Å². The number of hydrogen-bond acceptors (Lipinski definition) is 8. The molecule has 1 aliphatic rings. The van der Waals surface area contributed by atoms with Crippen LogP contribution >= 0.6 is 11.8 Å². The Labute approximate surface area is 167 Å². The summed E-state index contributed by atoms with van der Waals surface area (Å²) in [4.78, 5) is 12.6. The standard InChI is InChI=1S/C19H22N4O4S/c1-5-26-17-10-13(7-8-16(17)25-4)9-14(18(24)27-6-2)15-11-28-19-21-20-12(3)23(19)22-15/h7-10H,5-6,11H2,1-4H3/b14-9-. The van der Waals surface area contributed by atoms with Gasteiger partial charge in [0.05, 0.1) is 31.6 Å². The fourth-order valence-electron chi connectivity index (χ4n) is 2.64. The molecule has 0 N–H and O–H groups in total. The van der Waals surface area contributed by atoms with Crippen LogP contribution in [0.3, 0.4) is 0 Å². The van der Waals surface area contributed by atoms with E-state index in [1.165, 1.54) is 11.8 Å². The van der Waals surface area contributed by atoms with E-state index in [0.717, 1.165) is 5.56 Å². The maximum absolute atomic E-state index is 12.6. The first kappa shape index (κ1) is 19.9. The molecule has 0 atom stereocenters. The maximum atomic E-state index is 12.6. The predicted octanol–water partition coefficient (Wildman–Crippen LogP) is 2.95. The van der Waals surface area contributed by atoms with Crippen LogP contribution in [0.15, 0.2) is 34.0 Å². The van der Waals surface area contributed by atoms with Crippen molar-refractivity contribution in [1.82, 2.24) is 14.9 Å². The Morgan fingerprint density at radius 1 is 1.25 bits per heavy atom. The Hall–Kier alpha value is -2.81. The average molecular weight is 402 g/mol. The van der Waals surface area contributed by atoms with Crippen LogP contribution in [0.1, 0.15) is 25.2 Å². The number of ether oxygens (including phenoxy) is 3. The second kappa shape index (κ2) is 8.92. The number of carbonyl (C=O) groups is 1. The van der Waals surface area contributed by atoms with E-state index in [1.807, 2.05) is 26.0 Å². The van der Waals surface area contributed by atoms with E-state index < -0.39 is 5.97 Å². The monoisotopic (exact) mass is 402 g/mol. The maximum Gasteiger partial charge on any atom is 0.340 e. The zero-order valence-corrected chi connectivity index (χ0v) is 17.1. The Morgan fingerprint density at radius 3 is 2.79 bits per heavy atom. The summed E-state index contributed by atoms with van der Waals surface area (Å²) in [6.07, 6.45) is 1.75. The highest BCUT2D eigenvalue weighted by atomic mass is 32.2. The lowest BCUT2D eigenvalue weighted by Gasteiger charge is -2.15. The van der Waals surface area contributed by atoms with Crippen molar-refractivity contribution in [2.75, 3.05) is 26.1 Å². The van der Waals surface area contributed by atoms with Crippen LogP contribution < -0.4 is 9.47 Å². The number of aromatic nitrogens is 3. The van der Waals surface area contributed by atoms with Gasteiger partial charge in [-0.3, -0.25) is 0 Å². The second-order valence-corrected chi connectivity index (χ2v) is 6.74. The molecule has 0 saturated heterocycles. The fraction of sp³-hybridized carbons (Fsp3) is 0.368. The summed E-state index contributed by atoms with van der Waals surface area (Å²) in [6.45, 7) is 6.28. The number of aryl methyl sites for hydroxylation is 1. The second-order valence-electron chi connectivity index (χ2n) is 5.80. The normalized spacial score (nSPS) is 13.6. The first-order valence-electron chi connectivity index (χ1n) is 8.90. The first-order valence-corrected chi connectivity index (χ1v) is 9.88. The average Bonchev–Trinajstić information content (AvgIpc) is 3.07. The van der Waals surface area contributed by atoms with Crippen molar-refractivity contribution in [3.05, 3.63) is 35.2 Å². The quantitative estimate of drug-likeness (QED) is 0.520. The van der Waals surface area contributed by atoms with Gasteiger partial charge in [-0.1, -0.05) is 17.8 Å². The summed E-state index contributed by atoms with van der Waals surface area (Å²) in [7, 11) is 1.59. The zero-order chi connectivity index (χ0) is 20.1. The van der Waals surface area contributed by atoms with Gasteiger partial charge in [0.1, 0.15) is 0 Å². The lowest BCUT2D eigenvalue weighted by Crippen LogP contribution is -2.21. The Bertz CT molecular complexity index is 936. The molecule has 28 heavy (non-hydrogen) atoms. The van der Waals surface area contributed by atoms with Gasteiger partial charge >= 0.3 is 5.97 Å². The number of nitrogens with zero attached hydrogens (tertiary/aromatic N) is 4. The number of carbonyl (C=O) groups excluding carboxylic acids is 1. The Balaban J connectivity index is 2.04. The molecule has 0 fully saturated rings.